The molecule has 1 amide bonds. The Morgan fingerprint density at radius 3 is 2.65 bits per heavy atom. The summed E-state index contributed by atoms with van der Waals surface area (Å²) in [5.74, 6) is -0.152. The van der Waals surface area contributed by atoms with Crippen LogP contribution in [0.25, 0.3) is 0 Å². The molecule has 20 heavy (non-hydrogen) atoms. The van der Waals surface area contributed by atoms with E-state index in [-0.39, 0.29) is 5.91 Å². The van der Waals surface area contributed by atoms with Crippen molar-refractivity contribution in [2.75, 3.05) is 12.8 Å². The Morgan fingerprint density at radius 2 is 1.95 bits per heavy atom. The number of rotatable bonds is 3. The molecule has 0 saturated carbocycles. The van der Waals surface area contributed by atoms with Crippen LogP contribution in [0, 0.1) is 0 Å². The molecule has 0 bridgehead atoms. The van der Waals surface area contributed by atoms with Gasteiger partial charge in [-0.25, -0.2) is 0 Å². The van der Waals surface area contributed by atoms with Crippen molar-refractivity contribution in [1.82, 2.24) is 4.90 Å². The van der Waals surface area contributed by atoms with E-state index in [2.05, 4.69) is 15.9 Å². The van der Waals surface area contributed by atoms with Crippen molar-refractivity contribution in [1.29, 1.82) is 0 Å². The van der Waals surface area contributed by atoms with Gasteiger partial charge in [0.2, 0.25) is 0 Å². The molecule has 0 spiro atoms. The van der Waals surface area contributed by atoms with Gasteiger partial charge in [0.1, 0.15) is 0 Å². The van der Waals surface area contributed by atoms with Crippen molar-refractivity contribution in [3.8, 4) is 0 Å². The second-order valence-electron chi connectivity index (χ2n) is 4.45. The van der Waals surface area contributed by atoms with Gasteiger partial charge in [0.05, 0.1) is 16.3 Å². The monoisotopic (exact) mass is 352 g/mol. The minimum absolute atomic E-state index is 0.152. The van der Waals surface area contributed by atoms with Crippen LogP contribution in [0.15, 0.2) is 46.9 Å². The molecule has 5 heteroatoms. The van der Waals surface area contributed by atoms with Gasteiger partial charge in [-0.1, -0.05) is 51.8 Å². The summed E-state index contributed by atoms with van der Waals surface area (Å²) in [6, 6.07) is 12.9. The molecule has 0 aliphatic heterocycles. The zero-order valence-electron chi connectivity index (χ0n) is 10.9. The summed E-state index contributed by atoms with van der Waals surface area (Å²) in [5.41, 5.74) is 7.63. The standard InChI is InChI=1S/C15H14BrClN2O/c1-19(9-10-5-2-3-7-12(10)16)15(20)11-6-4-8-13(17)14(11)18/h2-8H,9,18H2,1H3. The number of carbonyl (C=O) groups is 1. The lowest BCUT2D eigenvalue weighted by Gasteiger charge is -2.19. The van der Waals surface area contributed by atoms with Crippen LogP contribution >= 0.6 is 27.5 Å². The summed E-state index contributed by atoms with van der Waals surface area (Å²) in [7, 11) is 1.74. The zero-order chi connectivity index (χ0) is 14.7. The minimum Gasteiger partial charge on any atom is -0.397 e. The van der Waals surface area contributed by atoms with Gasteiger partial charge in [-0.3, -0.25) is 4.79 Å². The van der Waals surface area contributed by atoms with Crippen molar-refractivity contribution >= 4 is 39.1 Å². The van der Waals surface area contributed by atoms with Crippen LogP contribution in [-0.4, -0.2) is 17.9 Å². The van der Waals surface area contributed by atoms with Crippen LogP contribution in [-0.2, 0) is 6.54 Å². The summed E-state index contributed by atoms with van der Waals surface area (Å²) >= 11 is 9.42. The molecule has 0 saturated heterocycles. The molecular weight excluding hydrogens is 340 g/mol. The van der Waals surface area contributed by atoms with Crippen LogP contribution in [0.1, 0.15) is 15.9 Å². The van der Waals surface area contributed by atoms with Crippen LogP contribution in [0.4, 0.5) is 5.69 Å². The molecule has 104 valence electrons. The van der Waals surface area contributed by atoms with Crippen molar-refractivity contribution < 1.29 is 4.79 Å². The van der Waals surface area contributed by atoms with Crippen molar-refractivity contribution in [3.63, 3.8) is 0 Å². The van der Waals surface area contributed by atoms with E-state index in [1.807, 2.05) is 24.3 Å². The minimum atomic E-state index is -0.152. The molecule has 0 aromatic heterocycles. The number of hydrogen-bond acceptors (Lipinski definition) is 2. The first kappa shape index (κ1) is 14.9. The van der Waals surface area contributed by atoms with Gasteiger partial charge in [0.25, 0.3) is 5.91 Å². The number of para-hydroxylation sites is 1. The molecule has 2 N–H and O–H groups in total. The number of carbonyl (C=O) groups excluding carboxylic acids is 1. The second-order valence-corrected chi connectivity index (χ2v) is 5.72. The first-order valence-electron chi connectivity index (χ1n) is 6.03. The van der Waals surface area contributed by atoms with E-state index in [0.29, 0.717) is 22.8 Å². The Kier molecular flexibility index (Phi) is 4.68. The molecule has 0 heterocycles. The quantitative estimate of drug-likeness (QED) is 0.849. The molecule has 2 aromatic rings. The molecule has 2 aromatic carbocycles. The van der Waals surface area contributed by atoms with Crippen LogP contribution in [0.2, 0.25) is 5.02 Å². The number of amides is 1. The summed E-state index contributed by atoms with van der Waals surface area (Å²) in [6.45, 7) is 0.492. The first-order chi connectivity index (χ1) is 9.50. The Hall–Kier alpha value is -1.52. The lowest BCUT2D eigenvalue weighted by Crippen LogP contribution is -2.27. The SMILES string of the molecule is CN(Cc1ccccc1Br)C(=O)c1cccc(Cl)c1N. The summed E-state index contributed by atoms with van der Waals surface area (Å²) < 4.78 is 0.971. The number of benzene rings is 2. The van der Waals surface area contributed by atoms with Gasteiger partial charge in [-0.2, -0.15) is 0 Å². The van der Waals surface area contributed by atoms with Crippen LogP contribution in [0.3, 0.4) is 0 Å². The highest BCUT2D eigenvalue weighted by atomic mass is 79.9. The van der Waals surface area contributed by atoms with Crippen molar-refractivity contribution in [2.45, 2.75) is 6.54 Å². The zero-order valence-corrected chi connectivity index (χ0v) is 13.3. The molecule has 0 fully saturated rings. The lowest BCUT2D eigenvalue weighted by molar-refractivity contribution is 0.0786. The number of halogens is 2. The average molecular weight is 354 g/mol. The molecule has 0 aliphatic rings. The predicted molar refractivity (Wildman–Crippen MR) is 85.8 cm³/mol. The van der Waals surface area contributed by atoms with E-state index < -0.39 is 0 Å². The second kappa shape index (κ2) is 6.29. The van der Waals surface area contributed by atoms with Gasteiger partial charge in [0, 0.05) is 18.1 Å². The molecular formula is C15H14BrClN2O. The normalized spacial score (nSPS) is 10.3. The average Bonchev–Trinajstić information content (AvgIpc) is 2.43. The van der Waals surface area contributed by atoms with E-state index in [9.17, 15) is 4.79 Å². The predicted octanol–water partition coefficient (Wildman–Crippen LogP) is 3.96. The van der Waals surface area contributed by atoms with Gasteiger partial charge in [-0.15, -0.1) is 0 Å². The highest BCUT2D eigenvalue weighted by Gasteiger charge is 2.16. The molecule has 0 radical (unpaired) electrons. The summed E-state index contributed by atoms with van der Waals surface area (Å²) in [5, 5.41) is 0.394. The molecule has 0 atom stereocenters. The van der Waals surface area contributed by atoms with Crippen molar-refractivity contribution in [3.05, 3.63) is 63.1 Å². The van der Waals surface area contributed by atoms with Crippen LogP contribution < -0.4 is 5.73 Å². The number of hydrogen-bond donors (Lipinski definition) is 1. The van der Waals surface area contributed by atoms with Gasteiger partial charge in [0.15, 0.2) is 0 Å². The fourth-order valence-electron chi connectivity index (χ4n) is 1.88. The van der Waals surface area contributed by atoms with E-state index in [0.717, 1.165) is 10.0 Å². The topological polar surface area (TPSA) is 46.3 Å². The van der Waals surface area contributed by atoms with E-state index in [1.54, 1.807) is 30.1 Å². The Bertz CT molecular complexity index is 646. The number of nitrogens with zero attached hydrogens (tertiary/aromatic N) is 1. The fraction of sp³-hybridized carbons (Fsp3) is 0.133. The molecule has 0 unspecified atom stereocenters. The van der Waals surface area contributed by atoms with Crippen molar-refractivity contribution in [2.24, 2.45) is 0 Å². The first-order valence-corrected chi connectivity index (χ1v) is 7.20. The third-order valence-electron chi connectivity index (χ3n) is 3.00. The van der Waals surface area contributed by atoms with E-state index in [1.165, 1.54) is 0 Å². The highest BCUT2D eigenvalue weighted by molar-refractivity contribution is 9.10. The summed E-state index contributed by atoms with van der Waals surface area (Å²) in [6.07, 6.45) is 0. The molecule has 2 rings (SSSR count). The number of anilines is 1. The largest absolute Gasteiger partial charge is 0.397 e. The molecule has 3 nitrogen and oxygen atoms in total. The number of nitrogen functional groups attached to an aromatic ring is 1. The Morgan fingerprint density at radius 1 is 1.25 bits per heavy atom. The van der Waals surface area contributed by atoms with Gasteiger partial charge < -0.3 is 10.6 Å². The van der Waals surface area contributed by atoms with Gasteiger partial charge >= 0.3 is 0 Å². The number of nitrogens with two attached hydrogens (primary N) is 1. The summed E-state index contributed by atoms with van der Waals surface area (Å²) in [4.78, 5) is 14.0. The highest BCUT2D eigenvalue weighted by Crippen LogP contribution is 2.24. The third-order valence-corrected chi connectivity index (χ3v) is 4.10. The van der Waals surface area contributed by atoms with E-state index in [4.69, 9.17) is 17.3 Å². The maximum absolute atomic E-state index is 12.4. The van der Waals surface area contributed by atoms with Gasteiger partial charge in [-0.05, 0) is 23.8 Å². The maximum atomic E-state index is 12.4. The smallest absolute Gasteiger partial charge is 0.256 e. The lowest BCUT2D eigenvalue weighted by atomic mass is 10.1. The Labute approximate surface area is 131 Å². The maximum Gasteiger partial charge on any atom is 0.256 e. The van der Waals surface area contributed by atoms with E-state index >= 15 is 0 Å². The Balaban J connectivity index is 2.21. The van der Waals surface area contributed by atoms with Crippen LogP contribution in [0.5, 0.6) is 0 Å². The third kappa shape index (κ3) is 3.14. The fourth-order valence-corrected chi connectivity index (χ4v) is 2.47. The molecule has 0 aliphatic carbocycles.